The molecule has 1 aromatic carbocycles. The summed E-state index contributed by atoms with van der Waals surface area (Å²) in [6.45, 7) is 1.81. The number of esters is 1. The summed E-state index contributed by atoms with van der Waals surface area (Å²) in [5.41, 5.74) is 1.78. The standard InChI is InChI=1S/C18H18N4O4/c1-3-26-18(24)16-17(21-20-13-5-4-6-14(10-13)25-2)22-8-7-12(11-23)9-15(22)19-16/h4-10,23H,3,11H2,1-2H3. The Kier molecular flexibility index (Phi) is 5.23. The van der Waals surface area contributed by atoms with E-state index in [0.29, 0.717) is 22.6 Å². The lowest BCUT2D eigenvalue weighted by molar-refractivity contribution is 0.0521. The molecule has 0 amide bonds. The van der Waals surface area contributed by atoms with Crippen molar-refractivity contribution >= 4 is 23.1 Å². The molecule has 0 atom stereocenters. The van der Waals surface area contributed by atoms with Gasteiger partial charge in [0.05, 0.1) is 26.0 Å². The van der Waals surface area contributed by atoms with E-state index in [2.05, 4.69) is 15.2 Å². The highest BCUT2D eigenvalue weighted by Gasteiger charge is 2.20. The van der Waals surface area contributed by atoms with Crippen LogP contribution >= 0.6 is 0 Å². The lowest BCUT2D eigenvalue weighted by atomic mass is 10.3. The van der Waals surface area contributed by atoms with Crippen LogP contribution in [0.2, 0.25) is 0 Å². The van der Waals surface area contributed by atoms with Crippen molar-refractivity contribution in [3.8, 4) is 5.75 Å². The van der Waals surface area contributed by atoms with Crippen LogP contribution in [0.15, 0.2) is 52.8 Å². The molecular weight excluding hydrogens is 336 g/mol. The minimum Gasteiger partial charge on any atom is -0.497 e. The number of azo groups is 1. The molecule has 0 saturated heterocycles. The van der Waals surface area contributed by atoms with E-state index < -0.39 is 5.97 Å². The first-order valence-corrected chi connectivity index (χ1v) is 8.01. The Bertz CT molecular complexity index is 965. The molecule has 0 aliphatic rings. The molecule has 0 aliphatic heterocycles. The molecule has 134 valence electrons. The maximum atomic E-state index is 12.2. The lowest BCUT2D eigenvalue weighted by Crippen LogP contribution is -2.05. The number of pyridine rings is 1. The summed E-state index contributed by atoms with van der Waals surface area (Å²) in [5, 5.41) is 17.7. The fraction of sp³-hybridized carbons (Fsp3) is 0.222. The van der Waals surface area contributed by atoms with Gasteiger partial charge in [-0.2, -0.15) is 0 Å². The SMILES string of the molecule is CCOC(=O)c1nc2cc(CO)ccn2c1N=Nc1cccc(OC)c1. The Morgan fingerprint density at radius 3 is 2.85 bits per heavy atom. The van der Waals surface area contributed by atoms with Gasteiger partial charge in [0.2, 0.25) is 0 Å². The highest BCUT2D eigenvalue weighted by atomic mass is 16.5. The molecule has 0 saturated carbocycles. The van der Waals surface area contributed by atoms with E-state index in [1.807, 2.05) is 0 Å². The van der Waals surface area contributed by atoms with E-state index >= 15 is 0 Å². The number of methoxy groups -OCH3 is 1. The summed E-state index contributed by atoms with van der Waals surface area (Å²) in [6, 6.07) is 10.5. The van der Waals surface area contributed by atoms with Crippen LogP contribution in [0.4, 0.5) is 11.5 Å². The first-order valence-electron chi connectivity index (χ1n) is 8.01. The van der Waals surface area contributed by atoms with Crippen LogP contribution in [0.5, 0.6) is 5.75 Å². The maximum absolute atomic E-state index is 12.2. The van der Waals surface area contributed by atoms with Crippen molar-refractivity contribution < 1.29 is 19.4 Å². The number of nitrogens with zero attached hydrogens (tertiary/aromatic N) is 4. The van der Waals surface area contributed by atoms with E-state index in [-0.39, 0.29) is 24.7 Å². The zero-order valence-electron chi connectivity index (χ0n) is 14.4. The quantitative estimate of drug-likeness (QED) is 0.540. The van der Waals surface area contributed by atoms with Crippen molar-refractivity contribution in [3.63, 3.8) is 0 Å². The van der Waals surface area contributed by atoms with Crippen molar-refractivity contribution in [1.82, 2.24) is 9.38 Å². The number of hydrogen-bond acceptors (Lipinski definition) is 7. The third kappa shape index (κ3) is 3.55. The average molecular weight is 354 g/mol. The Morgan fingerprint density at radius 1 is 1.27 bits per heavy atom. The molecule has 26 heavy (non-hydrogen) atoms. The Morgan fingerprint density at radius 2 is 2.12 bits per heavy atom. The monoisotopic (exact) mass is 354 g/mol. The van der Waals surface area contributed by atoms with Crippen molar-refractivity contribution in [2.24, 2.45) is 10.2 Å². The maximum Gasteiger partial charge on any atom is 0.360 e. The highest BCUT2D eigenvalue weighted by molar-refractivity contribution is 5.93. The molecule has 0 fully saturated rings. The first kappa shape index (κ1) is 17.6. The van der Waals surface area contributed by atoms with Gasteiger partial charge in [-0.3, -0.25) is 4.40 Å². The minimum absolute atomic E-state index is 0.0635. The van der Waals surface area contributed by atoms with Crippen LogP contribution in [0.3, 0.4) is 0 Å². The van der Waals surface area contributed by atoms with Gasteiger partial charge in [0.1, 0.15) is 11.4 Å². The van der Waals surface area contributed by atoms with Crippen molar-refractivity contribution in [1.29, 1.82) is 0 Å². The normalized spacial score (nSPS) is 11.2. The second kappa shape index (κ2) is 7.75. The fourth-order valence-electron chi connectivity index (χ4n) is 2.38. The predicted molar refractivity (Wildman–Crippen MR) is 94.2 cm³/mol. The number of carbonyl (C=O) groups is 1. The molecule has 2 heterocycles. The summed E-state index contributed by atoms with van der Waals surface area (Å²) in [6.07, 6.45) is 1.68. The molecule has 1 N–H and O–H groups in total. The second-order valence-electron chi connectivity index (χ2n) is 5.33. The van der Waals surface area contributed by atoms with Gasteiger partial charge < -0.3 is 14.6 Å². The topological polar surface area (TPSA) is 97.8 Å². The summed E-state index contributed by atoms with van der Waals surface area (Å²) in [7, 11) is 1.57. The lowest BCUT2D eigenvalue weighted by Gasteiger charge is -2.01. The number of hydrogen-bond donors (Lipinski definition) is 1. The summed E-state index contributed by atoms with van der Waals surface area (Å²) in [4.78, 5) is 16.5. The van der Waals surface area contributed by atoms with E-state index in [9.17, 15) is 9.90 Å². The molecule has 2 aromatic heterocycles. The van der Waals surface area contributed by atoms with Gasteiger partial charge in [-0.1, -0.05) is 6.07 Å². The molecule has 0 spiro atoms. The van der Waals surface area contributed by atoms with Gasteiger partial charge in [-0.05, 0) is 36.8 Å². The molecule has 3 aromatic rings. The number of rotatable bonds is 6. The molecule has 8 nitrogen and oxygen atoms in total. The highest BCUT2D eigenvalue weighted by Crippen LogP contribution is 2.27. The minimum atomic E-state index is -0.582. The number of aliphatic hydroxyl groups is 1. The first-order chi connectivity index (χ1) is 12.7. The Balaban J connectivity index is 2.07. The largest absolute Gasteiger partial charge is 0.497 e. The molecule has 0 bridgehead atoms. The second-order valence-corrected chi connectivity index (χ2v) is 5.33. The van der Waals surface area contributed by atoms with E-state index in [1.54, 1.807) is 61.0 Å². The van der Waals surface area contributed by atoms with Crippen molar-refractivity contribution in [3.05, 3.63) is 53.9 Å². The third-order valence-electron chi connectivity index (χ3n) is 3.63. The van der Waals surface area contributed by atoms with Gasteiger partial charge >= 0.3 is 5.97 Å². The van der Waals surface area contributed by atoms with E-state index in [0.717, 1.165) is 0 Å². The number of benzene rings is 1. The smallest absolute Gasteiger partial charge is 0.360 e. The summed E-state index contributed by atoms with van der Waals surface area (Å²) < 4.78 is 11.8. The Hall–Kier alpha value is -3.26. The van der Waals surface area contributed by atoms with Crippen LogP contribution in [0.1, 0.15) is 23.0 Å². The Labute approximate surface area is 149 Å². The number of fused-ring (bicyclic) bond motifs is 1. The van der Waals surface area contributed by atoms with Crippen LogP contribution < -0.4 is 4.74 Å². The molecular formula is C18H18N4O4. The van der Waals surface area contributed by atoms with Crippen molar-refractivity contribution in [2.45, 2.75) is 13.5 Å². The molecule has 8 heteroatoms. The summed E-state index contributed by atoms with van der Waals surface area (Å²) >= 11 is 0. The molecule has 3 rings (SSSR count). The van der Waals surface area contributed by atoms with Gasteiger partial charge in [-0.15, -0.1) is 10.2 Å². The van der Waals surface area contributed by atoms with Gasteiger partial charge in [0.15, 0.2) is 11.5 Å². The number of ether oxygens (including phenoxy) is 2. The molecule has 0 unspecified atom stereocenters. The van der Waals surface area contributed by atoms with Gasteiger partial charge in [-0.25, -0.2) is 9.78 Å². The number of imidazole rings is 1. The van der Waals surface area contributed by atoms with Crippen LogP contribution in [-0.4, -0.2) is 34.2 Å². The number of aromatic nitrogens is 2. The zero-order valence-corrected chi connectivity index (χ0v) is 14.4. The molecule has 0 radical (unpaired) electrons. The number of carbonyl (C=O) groups excluding carboxylic acids is 1. The van der Waals surface area contributed by atoms with Gasteiger partial charge in [0, 0.05) is 12.3 Å². The molecule has 0 aliphatic carbocycles. The third-order valence-corrected chi connectivity index (χ3v) is 3.63. The van der Waals surface area contributed by atoms with Gasteiger partial charge in [0.25, 0.3) is 0 Å². The van der Waals surface area contributed by atoms with E-state index in [1.165, 1.54) is 0 Å². The fourth-order valence-corrected chi connectivity index (χ4v) is 2.38. The van der Waals surface area contributed by atoms with E-state index in [4.69, 9.17) is 9.47 Å². The average Bonchev–Trinajstić information content (AvgIpc) is 3.04. The predicted octanol–water partition coefficient (Wildman–Crippen LogP) is 3.43. The van der Waals surface area contributed by atoms with Crippen LogP contribution in [-0.2, 0) is 11.3 Å². The van der Waals surface area contributed by atoms with Crippen molar-refractivity contribution in [2.75, 3.05) is 13.7 Å². The number of aliphatic hydroxyl groups excluding tert-OH is 1. The zero-order chi connectivity index (χ0) is 18.5. The van der Waals surface area contributed by atoms with Crippen LogP contribution in [0.25, 0.3) is 5.65 Å². The van der Waals surface area contributed by atoms with Crippen LogP contribution in [0, 0.1) is 0 Å². The summed E-state index contributed by atoms with van der Waals surface area (Å²) in [5.74, 6) is 0.324.